The first-order chi connectivity index (χ1) is 10.8. The molecule has 23 heavy (non-hydrogen) atoms. The largest absolute Gasteiger partial charge is 0.387 e. The second-order valence-corrected chi connectivity index (χ2v) is 7.42. The Kier molecular flexibility index (Phi) is 4.27. The van der Waals surface area contributed by atoms with Crippen molar-refractivity contribution < 1.29 is 28.5 Å². The Hall–Kier alpha value is -1.34. The zero-order valence-electron chi connectivity index (χ0n) is 11.3. The Morgan fingerprint density at radius 1 is 1.48 bits per heavy atom. The molecule has 1 aliphatic heterocycles. The van der Waals surface area contributed by atoms with Gasteiger partial charge in [0, 0.05) is 0 Å². The fourth-order valence-corrected chi connectivity index (χ4v) is 2.69. The summed E-state index contributed by atoms with van der Waals surface area (Å²) in [5.74, 6) is 0.0661. The summed E-state index contributed by atoms with van der Waals surface area (Å²) in [6, 6.07) is 0. The number of ether oxygens (including phenoxy) is 1. The number of aliphatic hydroxyl groups is 1. The van der Waals surface area contributed by atoms with Crippen molar-refractivity contribution in [2.24, 2.45) is 0 Å². The van der Waals surface area contributed by atoms with E-state index in [4.69, 9.17) is 20.3 Å². The molecule has 0 radical (unpaired) electrons. The lowest BCUT2D eigenvalue weighted by atomic mass is 10.1. The molecule has 0 aliphatic carbocycles. The predicted molar refractivity (Wildman–Crippen MR) is 77.0 cm³/mol. The van der Waals surface area contributed by atoms with E-state index in [9.17, 15) is 9.50 Å². The van der Waals surface area contributed by atoms with E-state index in [0.717, 1.165) is 11.0 Å². The van der Waals surface area contributed by atoms with E-state index < -0.39 is 37.9 Å². The third-order valence-electron chi connectivity index (χ3n) is 3.23. The van der Waals surface area contributed by atoms with Gasteiger partial charge in [0.25, 0.3) is 0 Å². The van der Waals surface area contributed by atoms with Gasteiger partial charge in [-0.2, -0.15) is 4.68 Å². The summed E-state index contributed by atoms with van der Waals surface area (Å²) >= 11 is 4.28. The standard InChI is InChI=1S/C9H12FN6O5PS/c10-4-6(17)3(1-20-22(18,19)23)21-9(4)16-8-5(14-15-16)7(11)12-2-13-8/h2-4,6,9,17H,1H2,(H2,11,12,13)(H2,18,19,23)/t3-,4+,6-,9-/m1/s1. The van der Waals surface area contributed by atoms with Gasteiger partial charge in [-0.3, -0.25) is 0 Å². The summed E-state index contributed by atoms with van der Waals surface area (Å²) < 4.78 is 25.3. The van der Waals surface area contributed by atoms with E-state index in [0.29, 0.717) is 0 Å². The molecule has 4 atom stereocenters. The molecule has 0 bridgehead atoms. The Bertz CT molecular complexity index is 772. The zero-order valence-corrected chi connectivity index (χ0v) is 13.0. The summed E-state index contributed by atoms with van der Waals surface area (Å²) in [5.41, 5.74) is 5.92. The first kappa shape index (κ1) is 16.5. The number of aromatic nitrogens is 5. The lowest BCUT2D eigenvalue weighted by molar-refractivity contribution is -0.0483. The molecule has 0 amide bonds. The number of nitrogen functional groups attached to an aromatic ring is 1. The summed E-state index contributed by atoms with van der Waals surface area (Å²) in [6.07, 6.45) is -4.81. The number of fused-ring (bicyclic) bond motifs is 1. The number of alkyl halides is 1. The molecule has 3 rings (SSSR count). The van der Waals surface area contributed by atoms with Crippen molar-refractivity contribution in [1.82, 2.24) is 25.0 Å². The van der Waals surface area contributed by atoms with Crippen molar-refractivity contribution in [3.63, 3.8) is 0 Å². The Morgan fingerprint density at radius 3 is 2.91 bits per heavy atom. The molecule has 0 spiro atoms. The van der Waals surface area contributed by atoms with Crippen LogP contribution < -0.4 is 5.73 Å². The molecule has 1 fully saturated rings. The second kappa shape index (κ2) is 5.94. The van der Waals surface area contributed by atoms with Crippen LogP contribution in [0.5, 0.6) is 0 Å². The monoisotopic (exact) mass is 366 g/mol. The summed E-state index contributed by atoms with van der Waals surface area (Å²) in [4.78, 5) is 25.7. The van der Waals surface area contributed by atoms with E-state index in [1.807, 2.05) is 0 Å². The minimum absolute atomic E-state index is 0.0661. The van der Waals surface area contributed by atoms with Crippen LogP contribution in [0.15, 0.2) is 6.33 Å². The zero-order chi connectivity index (χ0) is 16.8. The molecule has 2 aromatic rings. The van der Waals surface area contributed by atoms with Gasteiger partial charge in [0.2, 0.25) is 0 Å². The Labute approximate surface area is 133 Å². The van der Waals surface area contributed by atoms with Crippen molar-refractivity contribution in [3.8, 4) is 0 Å². The Balaban J connectivity index is 1.85. The molecule has 14 heteroatoms. The SMILES string of the molecule is Nc1ncnc2c1nnn2[C@@H]1O[C@H](COP(O)(O)=S)[C@@H](O)[C@@H]1F. The second-order valence-electron chi connectivity index (χ2n) is 4.75. The highest BCUT2D eigenvalue weighted by Crippen LogP contribution is 2.39. The normalized spacial score (nSPS) is 28.5. The van der Waals surface area contributed by atoms with E-state index in [-0.39, 0.29) is 17.0 Å². The van der Waals surface area contributed by atoms with Gasteiger partial charge in [-0.1, -0.05) is 5.21 Å². The van der Waals surface area contributed by atoms with Crippen molar-refractivity contribution >= 4 is 35.5 Å². The number of nitrogens with two attached hydrogens (primary N) is 1. The average molecular weight is 366 g/mol. The van der Waals surface area contributed by atoms with E-state index in [1.165, 1.54) is 0 Å². The maximum absolute atomic E-state index is 14.3. The van der Waals surface area contributed by atoms with Crippen LogP contribution in [0.3, 0.4) is 0 Å². The molecule has 5 N–H and O–H groups in total. The predicted octanol–water partition coefficient (Wildman–Crippen LogP) is -1.37. The molecule has 1 aliphatic rings. The van der Waals surface area contributed by atoms with Crippen molar-refractivity contribution in [1.29, 1.82) is 0 Å². The first-order valence-corrected chi connectivity index (χ1v) is 8.89. The molecule has 2 aromatic heterocycles. The average Bonchev–Trinajstić information content (AvgIpc) is 3.01. The van der Waals surface area contributed by atoms with Gasteiger partial charge in [0.05, 0.1) is 6.61 Å². The quantitative estimate of drug-likeness (QED) is 0.472. The van der Waals surface area contributed by atoms with Crippen molar-refractivity contribution in [3.05, 3.63) is 6.33 Å². The van der Waals surface area contributed by atoms with Crippen LogP contribution >= 0.6 is 6.72 Å². The van der Waals surface area contributed by atoms with Gasteiger partial charge in [-0.25, -0.2) is 14.4 Å². The van der Waals surface area contributed by atoms with Gasteiger partial charge in [-0.05, 0) is 11.8 Å². The summed E-state index contributed by atoms with van der Waals surface area (Å²) in [7, 11) is 0. The van der Waals surface area contributed by atoms with Crippen LogP contribution in [0.2, 0.25) is 0 Å². The number of hydrogen-bond acceptors (Lipinski definition) is 9. The maximum Gasteiger partial charge on any atom is 0.321 e. The van der Waals surface area contributed by atoms with Crippen molar-refractivity contribution in [2.75, 3.05) is 12.3 Å². The van der Waals surface area contributed by atoms with Gasteiger partial charge in [-0.15, -0.1) is 5.10 Å². The van der Waals surface area contributed by atoms with Crippen LogP contribution in [0.4, 0.5) is 10.2 Å². The molecular formula is C9H12FN6O5PS. The Morgan fingerprint density at radius 2 is 2.22 bits per heavy atom. The third kappa shape index (κ3) is 3.17. The number of nitrogens with zero attached hydrogens (tertiary/aromatic N) is 5. The lowest BCUT2D eigenvalue weighted by Crippen LogP contribution is -2.31. The highest BCUT2D eigenvalue weighted by Gasteiger charge is 2.47. The lowest BCUT2D eigenvalue weighted by Gasteiger charge is -2.16. The van der Waals surface area contributed by atoms with Crippen LogP contribution in [0, 0.1) is 0 Å². The number of anilines is 1. The van der Waals surface area contributed by atoms with Crippen LogP contribution in [0.25, 0.3) is 11.2 Å². The topological polar surface area (TPSA) is 162 Å². The van der Waals surface area contributed by atoms with Crippen LogP contribution in [-0.2, 0) is 21.1 Å². The van der Waals surface area contributed by atoms with Crippen molar-refractivity contribution in [2.45, 2.75) is 24.6 Å². The fraction of sp³-hybridized carbons (Fsp3) is 0.556. The highest BCUT2D eigenvalue weighted by molar-refractivity contribution is 8.06. The number of rotatable bonds is 4. The molecule has 0 aromatic carbocycles. The molecular weight excluding hydrogens is 354 g/mol. The minimum atomic E-state index is -3.94. The fourth-order valence-electron chi connectivity index (χ4n) is 2.16. The summed E-state index contributed by atoms with van der Waals surface area (Å²) in [6.45, 7) is -4.44. The first-order valence-electron chi connectivity index (χ1n) is 6.27. The number of aliphatic hydroxyl groups excluding tert-OH is 1. The van der Waals surface area contributed by atoms with E-state index >= 15 is 0 Å². The molecule has 1 saturated heterocycles. The minimum Gasteiger partial charge on any atom is -0.387 e. The highest BCUT2D eigenvalue weighted by atomic mass is 32.5. The van der Waals surface area contributed by atoms with Crippen LogP contribution in [-0.4, -0.2) is 64.8 Å². The summed E-state index contributed by atoms with van der Waals surface area (Å²) in [5, 5.41) is 17.3. The molecule has 0 unspecified atom stereocenters. The molecule has 11 nitrogen and oxygen atoms in total. The molecule has 0 saturated carbocycles. The van der Waals surface area contributed by atoms with E-state index in [2.05, 4.69) is 36.6 Å². The molecule has 126 valence electrons. The van der Waals surface area contributed by atoms with Gasteiger partial charge in [0.15, 0.2) is 29.4 Å². The van der Waals surface area contributed by atoms with Gasteiger partial charge < -0.3 is 29.9 Å². The van der Waals surface area contributed by atoms with E-state index in [1.54, 1.807) is 0 Å². The maximum atomic E-state index is 14.3. The smallest absolute Gasteiger partial charge is 0.321 e. The van der Waals surface area contributed by atoms with Gasteiger partial charge >= 0.3 is 6.72 Å². The third-order valence-corrected chi connectivity index (χ3v) is 4.03. The number of hydrogen-bond donors (Lipinski definition) is 4. The van der Waals surface area contributed by atoms with Gasteiger partial charge in [0.1, 0.15) is 18.5 Å². The molecule has 3 heterocycles. The number of halogens is 1. The van der Waals surface area contributed by atoms with Crippen LogP contribution in [0.1, 0.15) is 6.23 Å².